The molecule has 7 heteroatoms. The van der Waals surface area contributed by atoms with E-state index in [1.165, 1.54) is 0 Å². The van der Waals surface area contributed by atoms with Crippen LogP contribution in [0.2, 0.25) is 0 Å². The van der Waals surface area contributed by atoms with Crippen LogP contribution in [0, 0.1) is 3.83 Å². The van der Waals surface area contributed by atoms with E-state index in [0.717, 1.165) is 25.0 Å². The summed E-state index contributed by atoms with van der Waals surface area (Å²) in [5.41, 5.74) is 7.16. The maximum atomic E-state index is 8.72. The minimum absolute atomic E-state index is 0.210. The zero-order chi connectivity index (χ0) is 11.5. The molecule has 2 aromatic heterocycles. The predicted molar refractivity (Wildman–Crippen MR) is 68.8 cm³/mol. The summed E-state index contributed by atoms with van der Waals surface area (Å²) in [4.78, 5) is 12.5. The highest BCUT2D eigenvalue weighted by molar-refractivity contribution is 14.1. The van der Waals surface area contributed by atoms with Crippen LogP contribution in [0.4, 0.5) is 5.82 Å². The first kappa shape index (κ1) is 11.5. The minimum Gasteiger partial charge on any atom is -0.396 e. The van der Waals surface area contributed by atoms with Crippen LogP contribution in [0.3, 0.4) is 0 Å². The number of halogens is 1. The highest BCUT2D eigenvalue weighted by Gasteiger charge is 2.09. The number of nitrogens with zero attached hydrogens (tertiary/aromatic N) is 4. The molecule has 0 bridgehead atoms. The molecule has 2 rings (SSSR count). The van der Waals surface area contributed by atoms with E-state index < -0.39 is 0 Å². The molecule has 0 spiro atoms. The number of nitrogen functional groups attached to an aromatic ring is 1. The second kappa shape index (κ2) is 4.91. The van der Waals surface area contributed by atoms with Crippen molar-refractivity contribution < 1.29 is 5.11 Å². The normalized spacial score (nSPS) is 11.1. The van der Waals surface area contributed by atoms with Crippen LogP contribution in [0.5, 0.6) is 0 Å². The summed E-state index contributed by atoms with van der Waals surface area (Å²) in [6.45, 7) is 0.991. The van der Waals surface area contributed by atoms with Crippen LogP contribution in [-0.2, 0) is 6.54 Å². The molecule has 0 aromatic carbocycles. The van der Waals surface area contributed by atoms with Gasteiger partial charge in [-0.25, -0.2) is 15.0 Å². The maximum absolute atomic E-state index is 8.72. The van der Waals surface area contributed by atoms with Gasteiger partial charge in [-0.2, -0.15) is 0 Å². The van der Waals surface area contributed by atoms with Crippen molar-refractivity contribution in [1.29, 1.82) is 0 Å². The molecule has 6 nitrogen and oxygen atoms in total. The molecule has 3 N–H and O–H groups in total. The van der Waals surface area contributed by atoms with E-state index in [0.29, 0.717) is 15.2 Å². The fourth-order valence-electron chi connectivity index (χ4n) is 1.50. The number of anilines is 1. The second-order valence-corrected chi connectivity index (χ2v) is 4.38. The first-order chi connectivity index (χ1) is 7.72. The smallest absolute Gasteiger partial charge is 0.194 e. The fraction of sp³-hybridized carbons (Fsp3) is 0.444. The van der Waals surface area contributed by atoms with Crippen molar-refractivity contribution in [2.75, 3.05) is 12.3 Å². The lowest BCUT2D eigenvalue weighted by atomic mass is 10.3. The molecule has 16 heavy (non-hydrogen) atoms. The van der Waals surface area contributed by atoms with Crippen molar-refractivity contribution in [2.45, 2.75) is 19.4 Å². The Labute approximate surface area is 106 Å². The number of aliphatic hydroxyl groups excluding tert-OH is 1. The van der Waals surface area contributed by atoms with Crippen LogP contribution < -0.4 is 5.73 Å². The Bertz CT molecular complexity index is 498. The van der Waals surface area contributed by atoms with Crippen LogP contribution in [0.1, 0.15) is 12.8 Å². The number of fused-ring (bicyclic) bond motifs is 1. The van der Waals surface area contributed by atoms with E-state index in [1.807, 2.05) is 27.2 Å². The van der Waals surface area contributed by atoms with Crippen molar-refractivity contribution in [3.05, 3.63) is 10.2 Å². The molecule has 0 fully saturated rings. The lowest BCUT2D eigenvalue weighted by Gasteiger charge is -2.02. The molecule has 0 radical (unpaired) electrons. The molecule has 0 saturated carbocycles. The van der Waals surface area contributed by atoms with E-state index >= 15 is 0 Å². The van der Waals surface area contributed by atoms with Gasteiger partial charge in [0.05, 0.1) is 6.33 Å². The maximum Gasteiger partial charge on any atom is 0.194 e. The number of aromatic nitrogens is 4. The molecule has 0 aliphatic rings. The second-order valence-electron chi connectivity index (χ2n) is 3.42. The number of unbranched alkanes of at least 4 members (excludes halogenated alkanes) is 1. The van der Waals surface area contributed by atoms with Crippen molar-refractivity contribution in [3.8, 4) is 0 Å². The first-order valence-corrected chi connectivity index (χ1v) is 6.05. The Morgan fingerprint density at radius 2 is 2.19 bits per heavy atom. The number of hydrogen-bond donors (Lipinski definition) is 2. The number of imidazole rings is 1. The van der Waals surface area contributed by atoms with Gasteiger partial charge in [-0.15, -0.1) is 0 Å². The Balaban J connectivity index is 2.32. The van der Waals surface area contributed by atoms with Gasteiger partial charge in [0.25, 0.3) is 0 Å². The van der Waals surface area contributed by atoms with Crippen molar-refractivity contribution in [2.24, 2.45) is 0 Å². The number of aryl methyl sites for hydroxylation is 1. The molecule has 0 amide bonds. The number of rotatable bonds is 4. The molecule has 2 aromatic rings. The van der Waals surface area contributed by atoms with E-state index in [-0.39, 0.29) is 6.61 Å². The van der Waals surface area contributed by atoms with Crippen molar-refractivity contribution in [3.63, 3.8) is 0 Å². The Hall–Kier alpha value is -0.960. The first-order valence-electron chi connectivity index (χ1n) is 4.97. The fourth-order valence-corrected chi connectivity index (χ4v) is 1.98. The average Bonchev–Trinajstić information content (AvgIpc) is 2.62. The minimum atomic E-state index is 0.210. The summed E-state index contributed by atoms with van der Waals surface area (Å²) in [5, 5.41) is 8.72. The molecule has 86 valence electrons. The number of hydrogen-bond acceptors (Lipinski definition) is 5. The van der Waals surface area contributed by atoms with Gasteiger partial charge in [-0.3, -0.25) is 0 Å². The standard InChI is InChI=1S/C9H12IN5O/c10-9-13-7(11)6-8(14-9)15(5-12-6)3-1-2-4-16/h5,16H,1-4H2,(H2,11,13,14). The molecule has 0 aliphatic heterocycles. The van der Waals surface area contributed by atoms with E-state index in [2.05, 4.69) is 15.0 Å². The zero-order valence-electron chi connectivity index (χ0n) is 8.60. The third-order valence-electron chi connectivity index (χ3n) is 2.27. The van der Waals surface area contributed by atoms with Crippen LogP contribution >= 0.6 is 22.6 Å². The van der Waals surface area contributed by atoms with E-state index in [1.54, 1.807) is 6.33 Å². The topological polar surface area (TPSA) is 89.9 Å². The molecule has 0 aliphatic carbocycles. The summed E-state index contributed by atoms with van der Waals surface area (Å²) >= 11 is 2.03. The Morgan fingerprint density at radius 3 is 2.94 bits per heavy atom. The SMILES string of the molecule is Nc1nc(I)nc2c1ncn2CCCCO. The monoisotopic (exact) mass is 333 g/mol. The van der Waals surface area contributed by atoms with E-state index in [4.69, 9.17) is 10.8 Å². The molecular weight excluding hydrogens is 321 g/mol. The van der Waals surface area contributed by atoms with Gasteiger partial charge in [0.15, 0.2) is 15.3 Å². The molecular formula is C9H12IN5O. The predicted octanol–water partition coefficient (Wildman–Crippen LogP) is 0.786. The van der Waals surface area contributed by atoms with Gasteiger partial charge in [0, 0.05) is 35.7 Å². The summed E-state index contributed by atoms with van der Waals surface area (Å²) in [7, 11) is 0. The molecule has 0 atom stereocenters. The average molecular weight is 333 g/mol. The number of nitrogens with two attached hydrogens (primary N) is 1. The highest BCUT2D eigenvalue weighted by atomic mass is 127. The van der Waals surface area contributed by atoms with Crippen LogP contribution in [0.15, 0.2) is 6.33 Å². The van der Waals surface area contributed by atoms with Gasteiger partial charge >= 0.3 is 0 Å². The quantitative estimate of drug-likeness (QED) is 0.490. The Kier molecular flexibility index (Phi) is 3.54. The van der Waals surface area contributed by atoms with Gasteiger partial charge in [-0.1, -0.05) is 0 Å². The van der Waals surface area contributed by atoms with Gasteiger partial charge in [0.2, 0.25) is 0 Å². The summed E-state index contributed by atoms with van der Waals surface area (Å²) in [5.74, 6) is 0.412. The highest BCUT2D eigenvalue weighted by Crippen LogP contribution is 2.17. The summed E-state index contributed by atoms with van der Waals surface area (Å²) in [6, 6.07) is 0. The van der Waals surface area contributed by atoms with Gasteiger partial charge in [0.1, 0.15) is 5.52 Å². The largest absolute Gasteiger partial charge is 0.396 e. The van der Waals surface area contributed by atoms with E-state index in [9.17, 15) is 0 Å². The van der Waals surface area contributed by atoms with Crippen molar-refractivity contribution >= 4 is 39.6 Å². The Morgan fingerprint density at radius 1 is 1.38 bits per heavy atom. The summed E-state index contributed by atoms with van der Waals surface area (Å²) in [6.07, 6.45) is 3.38. The van der Waals surface area contributed by atoms with Crippen LogP contribution in [0.25, 0.3) is 11.2 Å². The lowest BCUT2D eigenvalue weighted by molar-refractivity contribution is 0.281. The van der Waals surface area contributed by atoms with Crippen molar-refractivity contribution in [1.82, 2.24) is 19.5 Å². The third-order valence-corrected chi connectivity index (χ3v) is 2.75. The zero-order valence-corrected chi connectivity index (χ0v) is 10.8. The van der Waals surface area contributed by atoms with Crippen LogP contribution in [-0.4, -0.2) is 31.2 Å². The third kappa shape index (κ3) is 2.24. The van der Waals surface area contributed by atoms with Gasteiger partial charge < -0.3 is 15.4 Å². The van der Waals surface area contributed by atoms with Gasteiger partial charge in [-0.05, 0) is 12.8 Å². The summed E-state index contributed by atoms with van der Waals surface area (Å²) < 4.78 is 2.55. The molecule has 0 unspecified atom stereocenters. The molecule has 2 heterocycles. The lowest BCUT2D eigenvalue weighted by Crippen LogP contribution is -2.02. The molecule has 0 saturated heterocycles. The number of aliphatic hydroxyl groups is 1.